The fraction of sp³-hybridized carbons (Fsp3) is 0.556. The van der Waals surface area contributed by atoms with E-state index in [4.69, 9.17) is 4.74 Å². The minimum absolute atomic E-state index is 0.0353. The number of nitrogens with one attached hydrogen (secondary N) is 1. The topological polar surface area (TPSA) is 78.9 Å². The second kappa shape index (κ2) is 5.89. The van der Waals surface area contributed by atoms with Gasteiger partial charge in [-0.3, -0.25) is 4.79 Å². The molecule has 3 aliphatic rings. The van der Waals surface area contributed by atoms with E-state index in [0.717, 1.165) is 18.4 Å². The van der Waals surface area contributed by atoms with Crippen LogP contribution in [0.4, 0.5) is 9.18 Å². The zero-order valence-electron chi connectivity index (χ0n) is 13.8. The minimum atomic E-state index is -0.796. The van der Waals surface area contributed by atoms with Crippen LogP contribution in [0.1, 0.15) is 24.8 Å². The van der Waals surface area contributed by atoms with Crippen LogP contribution in [-0.4, -0.2) is 47.7 Å². The van der Waals surface area contributed by atoms with Crippen molar-refractivity contribution >= 4 is 12.0 Å². The second-order valence-electron chi connectivity index (χ2n) is 7.34. The molecule has 0 radical (unpaired) electrons. The third kappa shape index (κ3) is 2.71. The van der Waals surface area contributed by atoms with Crippen molar-refractivity contribution < 1.29 is 23.8 Å². The predicted octanol–water partition coefficient (Wildman–Crippen LogP) is 2.03. The van der Waals surface area contributed by atoms with Crippen LogP contribution in [0.2, 0.25) is 0 Å². The third-order valence-corrected chi connectivity index (χ3v) is 5.84. The van der Waals surface area contributed by atoms with Gasteiger partial charge in [0.1, 0.15) is 18.2 Å². The Bertz CT molecular complexity index is 725. The van der Waals surface area contributed by atoms with Gasteiger partial charge in [-0.15, -0.1) is 0 Å². The monoisotopic (exact) mass is 348 g/mol. The molecule has 2 amide bonds. The van der Waals surface area contributed by atoms with Gasteiger partial charge in [-0.1, -0.05) is 6.42 Å². The molecule has 2 fully saturated rings. The van der Waals surface area contributed by atoms with Gasteiger partial charge < -0.3 is 20.1 Å². The average molecular weight is 348 g/mol. The largest absolute Gasteiger partial charge is 0.491 e. The molecule has 1 unspecified atom stereocenters. The maximum Gasteiger partial charge on any atom is 0.317 e. The molecule has 2 N–H and O–H groups in total. The number of ether oxygens (including phenoxy) is 1. The quantitative estimate of drug-likeness (QED) is 0.857. The Morgan fingerprint density at radius 1 is 1.40 bits per heavy atom. The third-order valence-electron chi connectivity index (χ3n) is 5.84. The molecule has 7 heteroatoms. The molecule has 0 aromatic heterocycles. The lowest BCUT2D eigenvalue weighted by Crippen LogP contribution is -2.49. The van der Waals surface area contributed by atoms with Crippen LogP contribution in [0.5, 0.6) is 5.75 Å². The summed E-state index contributed by atoms with van der Waals surface area (Å²) in [6.45, 7) is 1.07. The molecule has 2 aliphatic heterocycles. The molecule has 1 saturated heterocycles. The lowest BCUT2D eigenvalue weighted by atomic mass is 9.81. The number of urea groups is 1. The standard InChI is InChI=1S/C18H21FN2O4/c19-13-3-4-15-11(6-13)7-14(9-25-15)20-17(24)21-8-12-2-1-5-18(12,10-21)16(22)23/h3-4,6,12,14H,1-2,5,7-10H2,(H,20,24)(H,22,23)/t12-,14?,18+/m0/s1. The number of fused-ring (bicyclic) bond motifs is 2. The number of hydrogen-bond acceptors (Lipinski definition) is 3. The molecule has 134 valence electrons. The van der Waals surface area contributed by atoms with Gasteiger partial charge in [-0.05, 0) is 48.9 Å². The molecule has 4 rings (SSSR count). The Labute approximate surface area is 144 Å². The number of carbonyl (C=O) groups is 2. The minimum Gasteiger partial charge on any atom is -0.491 e. The van der Waals surface area contributed by atoms with Gasteiger partial charge in [0.2, 0.25) is 0 Å². The van der Waals surface area contributed by atoms with Gasteiger partial charge in [0.05, 0.1) is 11.5 Å². The number of carboxylic acids is 1. The van der Waals surface area contributed by atoms with E-state index in [-0.39, 0.29) is 30.4 Å². The lowest BCUT2D eigenvalue weighted by Gasteiger charge is -2.28. The highest BCUT2D eigenvalue weighted by molar-refractivity contribution is 5.80. The number of halogens is 1. The summed E-state index contributed by atoms with van der Waals surface area (Å²) in [7, 11) is 0. The fourth-order valence-electron chi connectivity index (χ4n) is 4.52. The summed E-state index contributed by atoms with van der Waals surface area (Å²) in [5.74, 6) is -0.443. The Balaban J connectivity index is 1.41. The molecule has 0 bridgehead atoms. The Morgan fingerprint density at radius 3 is 3.00 bits per heavy atom. The highest BCUT2D eigenvalue weighted by Crippen LogP contribution is 2.48. The average Bonchev–Trinajstić information content (AvgIpc) is 3.12. The van der Waals surface area contributed by atoms with Crippen LogP contribution in [-0.2, 0) is 11.2 Å². The summed E-state index contributed by atoms with van der Waals surface area (Å²) in [6.07, 6.45) is 2.90. The molecule has 25 heavy (non-hydrogen) atoms. The first kappa shape index (κ1) is 16.2. The summed E-state index contributed by atoms with van der Waals surface area (Å²) < 4.78 is 19.0. The second-order valence-corrected chi connectivity index (χ2v) is 7.34. The van der Waals surface area contributed by atoms with E-state index in [1.165, 1.54) is 12.1 Å². The summed E-state index contributed by atoms with van der Waals surface area (Å²) in [5.41, 5.74) is -0.0484. The van der Waals surface area contributed by atoms with E-state index in [0.29, 0.717) is 31.7 Å². The van der Waals surface area contributed by atoms with E-state index in [9.17, 15) is 19.1 Å². The van der Waals surface area contributed by atoms with Crippen LogP contribution >= 0.6 is 0 Å². The molecule has 0 spiro atoms. The highest BCUT2D eigenvalue weighted by atomic mass is 19.1. The first-order valence-corrected chi connectivity index (χ1v) is 8.68. The molecule has 1 saturated carbocycles. The van der Waals surface area contributed by atoms with Crippen molar-refractivity contribution in [2.24, 2.45) is 11.3 Å². The number of carbonyl (C=O) groups excluding carboxylic acids is 1. The molecule has 3 atom stereocenters. The van der Waals surface area contributed by atoms with Crippen LogP contribution in [0.15, 0.2) is 18.2 Å². The van der Waals surface area contributed by atoms with E-state index < -0.39 is 11.4 Å². The summed E-state index contributed by atoms with van der Waals surface area (Å²) in [5, 5.41) is 12.5. The van der Waals surface area contributed by atoms with Crippen molar-refractivity contribution in [3.63, 3.8) is 0 Å². The smallest absolute Gasteiger partial charge is 0.317 e. The van der Waals surface area contributed by atoms with Gasteiger partial charge in [-0.2, -0.15) is 0 Å². The Hall–Kier alpha value is -2.31. The van der Waals surface area contributed by atoms with Crippen molar-refractivity contribution in [1.82, 2.24) is 10.2 Å². The van der Waals surface area contributed by atoms with Gasteiger partial charge in [0, 0.05) is 13.1 Å². The van der Waals surface area contributed by atoms with Gasteiger partial charge >= 0.3 is 12.0 Å². The summed E-state index contributed by atoms with van der Waals surface area (Å²) in [4.78, 5) is 25.9. The van der Waals surface area contributed by atoms with Crippen molar-refractivity contribution in [2.75, 3.05) is 19.7 Å². The SMILES string of the molecule is O=C(NC1COc2ccc(F)cc2C1)N1C[C@@H]2CCC[C@@]2(C(=O)O)C1. The van der Waals surface area contributed by atoms with Gasteiger partial charge in [0.25, 0.3) is 0 Å². The van der Waals surface area contributed by atoms with E-state index in [1.807, 2.05) is 0 Å². The number of carboxylic acid groups (broad SMARTS) is 1. The van der Waals surface area contributed by atoms with Crippen molar-refractivity contribution in [2.45, 2.75) is 31.7 Å². The van der Waals surface area contributed by atoms with Crippen LogP contribution < -0.4 is 10.1 Å². The zero-order valence-corrected chi connectivity index (χ0v) is 13.8. The number of benzene rings is 1. The van der Waals surface area contributed by atoms with Crippen molar-refractivity contribution in [1.29, 1.82) is 0 Å². The maximum absolute atomic E-state index is 13.4. The van der Waals surface area contributed by atoms with Crippen molar-refractivity contribution in [3.05, 3.63) is 29.6 Å². The molecule has 1 aromatic rings. The van der Waals surface area contributed by atoms with E-state index in [2.05, 4.69) is 5.32 Å². The number of nitrogens with zero attached hydrogens (tertiary/aromatic N) is 1. The van der Waals surface area contributed by atoms with Crippen LogP contribution in [0.25, 0.3) is 0 Å². The molecule has 1 aliphatic carbocycles. The maximum atomic E-state index is 13.4. The number of amides is 2. The van der Waals surface area contributed by atoms with E-state index in [1.54, 1.807) is 11.0 Å². The Morgan fingerprint density at radius 2 is 2.24 bits per heavy atom. The highest BCUT2D eigenvalue weighted by Gasteiger charge is 2.55. The van der Waals surface area contributed by atoms with Gasteiger partial charge in [0.15, 0.2) is 0 Å². The van der Waals surface area contributed by atoms with Crippen LogP contribution in [0.3, 0.4) is 0 Å². The molecular formula is C18H21FN2O4. The first-order chi connectivity index (χ1) is 12.0. The molecular weight excluding hydrogens is 327 g/mol. The molecule has 1 aromatic carbocycles. The number of hydrogen-bond donors (Lipinski definition) is 2. The fourth-order valence-corrected chi connectivity index (χ4v) is 4.52. The number of aliphatic carboxylic acids is 1. The van der Waals surface area contributed by atoms with Crippen LogP contribution in [0, 0.1) is 17.2 Å². The zero-order chi connectivity index (χ0) is 17.6. The molecule has 2 heterocycles. The van der Waals surface area contributed by atoms with Crippen molar-refractivity contribution in [3.8, 4) is 5.75 Å². The predicted molar refractivity (Wildman–Crippen MR) is 86.9 cm³/mol. The molecule has 6 nitrogen and oxygen atoms in total. The summed E-state index contributed by atoms with van der Waals surface area (Å²) in [6, 6.07) is 3.87. The number of likely N-dealkylation sites (tertiary alicyclic amines) is 1. The number of rotatable bonds is 2. The van der Waals surface area contributed by atoms with Gasteiger partial charge in [-0.25, -0.2) is 9.18 Å². The Kier molecular flexibility index (Phi) is 3.81. The first-order valence-electron chi connectivity index (χ1n) is 8.68. The lowest BCUT2D eigenvalue weighted by molar-refractivity contribution is -0.149. The normalized spacial score (nSPS) is 30.4. The summed E-state index contributed by atoms with van der Waals surface area (Å²) >= 11 is 0. The van der Waals surface area contributed by atoms with E-state index >= 15 is 0 Å².